The third-order valence-electron chi connectivity index (χ3n) is 4.20. The molecule has 9 heteroatoms. The number of benzene rings is 1. The lowest BCUT2D eigenvalue weighted by atomic mass is 10.1. The van der Waals surface area contributed by atoms with Gasteiger partial charge in [0.25, 0.3) is 5.91 Å². The second-order valence-corrected chi connectivity index (χ2v) is 6.01. The number of nitrogens with one attached hydrogen (secondary N) is 3. The molecule has 0 saturated carbocycles. The van der Waals surface area contributed by atoms with E-state index < -0.39 is 0 Å². The van der Waals surface area contributed by atoms with Crippen LogP contribution in [-0.2, 0) is 4.79 Å². The van der Waals surface area contributed by atoms with Gasteiger partial charge in [-0.25, -0.2) is 14.4 Å². The summed E-state index contributed by atoms with van der Waals surface area (Å²) < 4.78 is 13.0. The molecule has 28 heavy (non-hydrogen) atoms. The first kappa shape index (κ1) is 21.4. The van der Waals surface area contributed by atoms with Crippen LogP contribution in [0.25, 0.3) is 17.1 Å². The van der Waals surface area contributed by atoms with E-state index in [0.717, 1.165) is 22.2 Å². The van der Waals surface area contributed by atoms with Gasteiger partial charge in [-0.15, -0.1) is 24.8 Å². The molecule has 1 unspecified atom stereocenters. The Labute approximate surface area is 173 Å². The van der Waals surface area contributed by atoms with E-state index in [2.05, 4.69) is 25.6 Å². The summed E-state index contributed by atoms with van der Waals surface area (Å²) in [6.07, 6.45) is 5.21. The minimum Gasteiger partial charge on any atom is -0.349 e. The number of halogens is 3. The van der Waals surface area contributed by atoms with Crippen molar-refractivity contribution < 1.29 is 9.18 Å². The highest BCUT2D eigenvalue weighted by Crippen LogP contribution is 2.20. The number of carbonyl (C=O) groups is 1. The first-order chi connectivity index (χ1) is 12.6. The number of hydrogen-bond donors (Lipinski definition) is 3. The van der Waals surface area contributed by atoms with E-state index in [0.29, 0.717) is 11.7 Å². The van der Waals surface area contributed by atoms with Crippen molar-refractivity contribution in [3.63, 3.8) is 0 Å². The predicted octanol–water partition coefficient (Wildman–Crippen LogP) is 3.72. The maximum Gasteiger partial charge on any atom is 0.276 e. The molecule has 1 aliphatic rings. The molecule has 3 N–H and O–H groups in total. The fourth-order valence-corrected chi connectivity index (χ4v) is 2.82. The highest BCUT2D eigenvalue weighted by atomic mass is 35.5. The predicted molar refractivity (Wildman–Crippen MR) is 112 cm³/mol. The van der Waals surface area contributed by atoms with Gasteiger partial charge in [0.05, 0.1) is 6.04 Å². The first-order valence-electron chi connectivity index (χ1n) is 8.16. The number of aromatic amines is 1. The molecule has 0 fully saturated rings. The van der Waals surface area contributed by atoms with Crippen LogP contribution >= 0.6 is 24.8 Å². The van der Waals surface area contributed by atoms with Crippen molar-refractivity contribution >= 4 is 53.8 Å². The highest BCUT2D eigenvalue weighted by molar-refractivity contribution is 6.14. The quantitative estimate of drug-likeness (QED) is 0.563. The van der Waals surface area contributed by atoms with Crippen molar-refractivity contribution in [1.82, 2.24) is 20.6 Å². The summed E-state index contributed by atoms with van der Waals surface area (Å²) in [5.74, 6) is -0.195. The minimum absolute atomic E-state index is 0. The van der Waals surface area contributed by atoms with Gasteiger partial charge >= 0.3 is 0 Å². The third-order valence-corrected chi connectivity index (χ3v) is 4.20. The van der Waals surface area contributed by atoms with Gasteiger partial charge in [0.2, 0.25) is 5.96 Å². The Bertz CT molecular complexity index is 1050. The summed E-state index contributed by atoms with van der Waals surface area (Å²) >= 11 is 0. The maximum atomic E-state index is 13.0. The van der Waals surface area contributed by atoms with Gasteiger partial charge in [0.15, 0.2) is 0 Å². The van der Waals surface area contributed by atoms with E-state index in [1.165, 1.54) is 12.1 Å². The van der Waals surface area contributed by atoms with Gasteiger partial charge in [0.1, 0.15) is 17.2 Å². The maximum absolute atomic E-state index is 13.0. The smallest absolute Gasteiger partial charge is 0.276 e. The molecule has 0 saturated heterocycles. The number of amides is 1. The number of H-pyrrole nitrogens is 1. The number of hydrogen-bond acceptors (Lipinski definition) is 4. The summed E-state index contributed by atoms with van der Waals surface area (Å²) in [5.41, 5.74) is 2.80. The first-order valence-corrected chi connectivity index (χ1v) is 8.16. The van der Waals surface area contributed by atoms with E-state index in [-0.39, 0.29) is 42.6 Å². The Kier molecular flexibility index (Phi) is 6.77. The van der Waals surface area contributed by atoms with E-state index in [1.54, 1.807) is 30.6 Å². The molecule has 1 aliphatic heterocycles. The van der Waals surface area contributed by atoms with Crippen molar-refractivity contribution in [3.8, 4) is 0 Å². The van der Waals surface area contributed by atoms with Crippen molar-refractivity contribution in [2.45, 2.75) is 13.0 Å². The summed E-state index contributed by atoms with van der Waals surface area (Å²) in [4.78, 5) is 23.8. The fourth-order valence-electron chi connectivity index (χ4n) is 2.82. The van der Waals surface area contributed by atoms with Gasteiger partial charge < -0.3 is 10.3 Å². The second-order valence-electron chi connectivity index (χ2n) is 6.01. The largest absolute Gasteiger partial charge is 0.349 e. The molecule has 6 nitrogen and oxygen atoms in total. The number of aromatic nitrogens is 2. The molecule has 0 bridgehead atoms. The van der Waals surface area contributed by atoms with Crippen LogP contribution in [0.2, 0.25) is 0 Å². The molecular weight excluding hydrogens is 404 g/mol. The number of fused-ring (bicyclic) bond motifs is 1. The Morgan fingerprint density at radius 1 is 1.18 bits per heavy atom. The Morgan fingerprint density at radius 3 is 2.68 bits per heavy atom. The van der Waals surface area contributed by atoms with E-state index >= 15 is 0 Å². The number of carbonyl (C=O) groups excluding carboxylic acids is 1. The standard InChI is InChI=1S/C19H16FN5O.2ClH/c1-11(12-4-6-14(20)7-5-12)23-19-24-16(18(26)25-19)9-13-10-22-17-15(13)3-2-8-21-17;;/h2-11H,1H3,(H,21,22)(H2,23,24,25,26);2*1H. The SMILES string of the molecule is CC(NC1=NC(=Cc2c[nH]c3ncccc23)C(=O)N1)c1ccc(F)cc1.Cl.Cl. The zero-order valence-corrected chi connectivity index (χ0v) is 16.4. The Hall–Kier alpha value is -2.90. The fraction of sp³-hybridized carbons (Fsp3) is 0.105. The van der Waals surface area contributed by atoms with E-state index in [9.17, 15) is 9.18 Å². The van der Waals surface area contributed by atoms with Crippen LogP contribution < -0.4 is 10.6 Å². The van der Waals surface area contributed by atoms with E-state index in [4.69, 9.17) is 0 Å². The average Bonchev–Trinajstić information content (AvgIpc) is 3.20. The van der Waals surface area contributed by atoms with Crippen LogP contribution in [0, 0.1) is 5.82 Å². The van der Waals surface area contributed by atoms with Gasteiger partial charge in [0, 0.05) is 23.3 Å². The van der Waals surface area contributed by atoms with Crippen LogP contribution in [0.4, 0.5) is 4.39 Å². The molecule has 1 amide bonds. The number of nitrogens with zero attached hydrogens (tertiary/aromatic N) is 2. The summed E-state index contributed by atoms with van der Waals surface area (Å²) in [7, 11) is 0. The average molecular weight is 422 g/mol. The molecule has 1 atom stereocenters. The number of pyridine rings is 1. The van der Waals surface area contributed by atoms with Crippen molar-refractivity contribution in [2.75, 3.05) is 0 Å². The van der Waals surface area contributed by atoms with Crippen LogP contribution in [0.15, 0.2) is 59.5 Å². The van der Waals surface area contributed by atoms with Gasteiger partial charge in [-0.2, -0.15) is 0 Å². The summed E-state index contributed by atoms with van der Waals surface area (Å²) in [6, 6.07) is 9.83. The minimum atomic E-state index is -0.286. The highest BCUT2D eigenvalue weighted by Gasteiger charge is 2.22. The topological polar surface area (TPSA) is 82.2 Å². The molecule has 146 valence electrons. The zero-order chi connectivity index (χ0) is 18.1. The number of guanidine groups is 1. The summed E-state index contributed by atoms with van der Waals surface area (Å²) in [6.45, 7) is 1.91. The van der Waals surface area contributed by atoms with Crippen LogP contribution in [-0.4, -0.2) is 21.8 Å². The van der Waals surface area contributed by atoms with Crippen LogP contribution in [0.1, 0.15) is 24.1 Å². The van der Waals surface area contributed by atoms with Crippen LogP contribution in [0.3, 0.4) is 0 Å². The Balaban J connectivity index is 0.00000140. The molecule has 1 aromatic carbocycles. The number of rotatable bonds is 3. The molecule has 0 aliphatic carbocycles. The molecule has 3 heterocycles. The molecule has 0 radical (unpaired) electrons. The molecule has 2 aromatic heterocycles. The zero-order valence-electron chi connectivity index (χ0n) is 14.8. The second kappa shape index (κ2) is 8.86. The lowest BCUT2D eigenvalue weighted by Gasteiger charge is -2.14. The summed E-state index contributed by atoms with van der Waals surface area (Å²) in [5, 5.41) is 6.76. The van der Waals surface area contributed by atoms with Crippen molar-refractivity contribution in [3.05, 3.63) is 71.4 Å². The normalized spacial score (nSPS) is 15.4. The van der Waals surface area contributed by atoms with Crippen LogP contribution in [0.5, 0.6) is 0 Å². The van der Waals surface area contributed by atoms with Gasteiger partial charge in [-0.3, -0.25) is 10.1 Å². The lowest BCUT2D eigenvalue weighted by molar-refractivity contribution is -0.115. The van der Waals surface area contributed by atoms with Crippen molar-refractivity contribution in [2.24, 2.45) is 4.99 Å². The van der Waals surface area contributed by atoms with Gasteiger partial charge in [-0.1, -0.05) is 12.1 Å². The van der Waals surface area contributed by atoms with Gasteiger partial charge in [-0.05, 0) is 42.8 Å². The molecular formula is C19H18Cl2FN5O. The Morgan fingerprint density at radius 2 is 1.93 bits per heavy atom. The molecule has 4 rings (SSSR count). The third kappa shape index (κ3) is 4.32. The lowest BCUT2D eigenvalue weighted by Crippen LogP contribution is -2.37. The number of aliphatic imine (C=N–C) groups is 1. The monoisotopic (exact) mass is 421 g/mol. The van der Waals surface area contributed by atoms with E-state index in [1.807, 2.05) is 19.1 Å². The molecule has 3 aromatic rings. The molecule has 0 spiro atoms. The van der Waals surface area contributed by atoms with Crippen molar-refractivity contribution in [1.29, 1.82) is 0 Å².